The summed E-state index contributed by atoms with van der Waals surface area (Å²) in [4.78, 5) is 16.4. The summed E-state index contributed by atoms with van der Waals surface area (Å²) in [5, 5.41) is 17.0. The molecule has 27 heavy (non-hydrogen) atoms. The summed E-state index contributed by atoms with van der Waals surface area (Å²) in [6.45, 7) is 7.39. The van der Waals surface area contributed by atoms with Gasteiger partial charge in [-0.2, -0.15) is 0 Å². The highest BCUT2D eigenvalue weighted by molar-refractivity contribution is 5.80. The number of nitrogens with one attached hydrogen (secondary N) is 2. The standard InChI is InChI=1S/C21H33N3O3/c1-4-22-21(23-14-19(25)16-8-6-15(3)7-9-16)24-18-12-10-17(11-13-18)20(26)27-5-2/h6-9,17-19,25H,4-5,10-14H2,1-3H3,(H2,22,23,24). The zero-order chi connectivity index (χ0) is 19.6. The van der Waals surface area contributed by atoms with Gasteiger partial charge in [0.1, 0.15) is 0 Å². The average Bonchev–Trinajstić information content (AvgIpc) is 2.67. The van der Waals surface area contributed by atoms with Gasteiger partial charge in [0.05, 0.1) is 25.2 Å². The van der Waals surface area contributed by atoms with E-state index in [4.69, 9.17) is 4.74 Å². The van der Waals surface area contributed by atoms with E-state index in [0.717, 1.165) is 37.8 Å². The van der Waals surface area contributed by atoms with E-state index in [1.165, 1.54) is 5.56 Å². The van der Waals surface area contributed by atoms with Crippen LogP contribution in [0.1, 0.15) is 56.8 Å². The van der Waals surface area contributed by atoms with Crippen LogP contribution in [0.25, 0.3) is 0 Å². The first-order valence-electron chi connectivity index (χ1n) is 9.99. The molecule has 1 aliphatic rings. The maximum absolute atomic E-state index is 11.9. The number of carbonyl (C=O) groups excluding carboxylic acids is 1. The molecule has 1 fully saturated rings. The predicted molar refractivity (Wildman–Crippen MR) is 108 cm³/mol. The van der Waals surface area contributed by atoms with E-state index in [1.807, 2.05) is 45.0 Å². The summed E-state index contributed by atoms with van der Waals surface area (Å²) in [5.74, 6) is 0.659. The number of aliphatic imine (C=N–C) groups is 1. The number of aliphatic hydroxyl groups is 1. The Bertz CT molecular complexity index is 608. The second-order valence-electron chi connectivity index (χ2n) is 7.09. The molecule has 0 heterocycles. The van der Waals surface area contributed by atoms with Crippen molar-refractivity contribution in [2.45, 2.75) is 58.6 Å². The fourth-order valence-corrected chi connectivity index (χ4v) is 3.32. The Morgan fingerprint density at radius 3 is 2.48 bits per heavy atom. The van der Waals surface area contributed by atoms with Gasteiger partial charge in [0, 0.05) is 12.6 Å². The summed E-state index contributed by atoms with van der Waals surface area (Å²) < 4.78 is 5.13. The highest BCUT2D eigenvalue weighted by Crippen LogP contribution is 2.25. The van der Waals surface area contributed by atoms with E-state index in [2.05, 4.69) is 15.6 Å². The quantitative estimate of drug-likeness (QED) is 0.388. The van der Waals surface area contributed by atoms with Crippen LogP contribution in [0, 0.1) is 12.8 Å². The zero-order valence-electron chi connectivity index (χ0n) is 16.7. The summed E-state index contributed by atoms with van der Waals surface area (Å²) in [6.07, 6.45) is 2.87. The minimum Gasteiger partial charge on any atom is -0.466 e. The summed E-state index contributed by atoms with van der Waals surface area (Å²) >= 11 is 0. The van der Waals surface area contributed by atoms with Crippen LogP contribution in [0.3, 0.4) is 0 Å². The second kappa shape index (κ2) is 10.9. The number of aliphatic hydroxyl groups excluding tert-OH is 1. The molecule has 1 aromatic rings. The zero-order valence-corrected chi connectivity index (χ0v) is 16.7. The molecular formula is C21H33N3O3. The van der Waals surface area contributed by atoms with Crippen molar-refractivity contribution in [1.29, 1.82) is 0 Å². The Hall–Kier alpha value is -2.08. The molecule has 0 amide bonds. The third kappa shape index (κ3) is 6.86. The van der Waals surface area contributed by atoms with Crippen molar-refractivity contribution in [2.75, 3.05) is 19.7 Å². The van der Waals surface area contributed by atoms with E-state index in [-0.39, 0.29) is 17.9 Å². The lowest BCUT2D eigenvalue weighted by Crippen LogP contribution is -2.45. The molecule has 6 nitrogen and oxygen atoms in total. The third-order valence-corrected chi connectivity index (χ3v) is 4.92. The van der Waals surface area contributed by atoms with Crippen LogP contribution < -0.4 is 10.6 Å². The number of guanidine groups is 1. The molecule has 0 radical (unpaired) electrons. The lowest BCUT2D eigenvalue weighted by molar-refractivity contribution is -0.149. The lowest BCUT2D eigenvalue weighted by Gasteiger charge is -2.29. The SMILES string of the molecule is CCNC(=NCC(O)c1ccc(C)cc1)NC1CCC(C(=O)OCC)CC1. The molecule has 150 valence electrons. The molecule has 0 aliphatic heterocycles. The Balaban J connectivity index is 1.86. The summed E-state index contributed by atoms with van der Waals surface area (Å²) in [6, 6.07) is 8.14. The maximum atomic E-state index is 11.9. The van der Waals surface area contributed by atoms with E-state index in [1.54, 1.807) is 0 Å². The fraction of sp³-hybridized carbons (Fsp3) is 0.619. The van der Waals surface area contributed by atoms with E-state index in [0.29, 0.717) is 19.1 Å². The van der Waals surface area contributed by atoms with Gasteiger partial charge in [-0.3, -0.25) is 9.79 Å². The van der Waals surface area contributed by atoms with E-state index in [9.17, 15) is 9.90 Å². The number of nitrogens with zero attached hydrogens (tertiary/aromatic N) is 1. The Morgan fingerprint density at radius 1 is 1.22 bits per heavy atom. The number of hydrogen-bond donors (Lipinski definition) is 3. The van der Waals surface area contributed by atoms with Crippen molar-refractivity contribution in [3.8, 4) is 0 Å². The number of ether oxygens (including phenoxy) is 1. The Morgan fingerprint density at radius 2 is 1.89 bits per heavy atom. The van der Waals surface area contributed by atoms with Gasteiger partial charge in [0.25, 0.3) is 0 Å². The molecule has 1 aromatic carbocycles. The first-order valence-corrected chi connectivity index (χ1v) is 9.99. The molecule has 0 aromatic heterocycles. The molecule has 2 rings (SSSR count). The summed E-state index contributed by atoms with van der Waals surface area (Å²) in [7, 11) is 0. The normalized spacial score (nSPS) is 21.4. The van der Waals surface area contributed by atoms with Crippen LogP contribution in [0.4, 0.5) is 0 Å². The number of esters is 1. The van der Waals surface area contributed by atoms with Crippen molar-refractivity contribution in [3.05, 3.63) is 35.4 Å². The molecule has 1 unspecified atom stereocenters. The second-order valence-corrected chi connectivity index (χ2v) is 7.09. The molecule has 1 aliphatic carbocycles. The number of rotatable bonds is 7. The topological polar surface area (TPSA) is 83.0 Å². The van der Waals surface area contributed by atoms with Gasteiger partial charge in [-0.25, -0.2) is 0 Å². The summed E-state index contributed by atoms with van der Waals surface area (Å²) in [5.41, 5.74) is 2.04. The van der Waals surface area contributed by atoms with Crippen LogP contribution >= 0.6 is 0 Å². The first-order chi connectivity index (χ1) is 13.0. The minimum absolute atomic E-state index is 0.0193. The van der Waals surface area contributed by atoms with Crippen molar-refractivity contribution < 1.29 is 14.6 Å². The van der Waals surface area contributed by atoms with Crippen LogP contribution in [-0.2, 0) is 9.53 Å². The molecule has 3 N–H and O–H groups in total. The molecule has 1 saturated carbocycles. The maximum Gasteiger partial charge on any atom is 0.308 e. The van der Waals surface area contributed by atoms with Crippen molar-refractivity contribution in [1.82, 2.24) is 10.6 Å². The predicted octanol–water partition coefficient (Wildman–Crippen LogP) is 2.71. The van der Waals surface area contributed by atoms with Gasteiger partial charge in [-0.05, 0) is 52.0 Å². The molecule has 0 saturated heterocycles. The molecular weight excluding hydrogens is 342 g/mol. The number of aryl methyl sites for hydroxylation is 1. The van der Waals surface area contributed by atoms with Crippen molar-refractivity contribution in [3.63, 3.8) is 0 Å². The Kier molecular flexibility index (Phi) is 8.58. The first kappa shape index (κ1) is 21.2. The van der Waals surface area contributed by atoms with Gasteiger partial charge in [0.2, 0.25) is 0 Å². The third-order valence-electron chi connectivity index (χ3n) is 4.92. The van der Waals surface area contributed by atoms with Crippen LogP contribution in [-0.4, -0.2) is 42.8 Å². The van der Waals surface area contributed by atoms with Gasteiger partial charge < -0.3 is 20.5 Å². The molecule has 0 spiro atoms. The van der Waals surface area contributed by atoms with Crippen LogP contribution in [0.5, 0.6) is 0 Å². The number of benzene rings is 1. The average molecular weight is 376 g/mol. The van der Waals surface area contributed by atoms with Crippen LogP contribution in [0.2, 0.25) is 0 Å². The molecule has 0 bridgehead atoms. The minimum atomic E-state index is -0.624. The van der Waals surface area contributed by atoms with Crippen LogP contribution in [0.15, 0.2) is 29.3 Å². The monoisotopic (exact) mass is 375 g/mol. The highest BCUT2D eigenvalue weighted by Gasteiger charge is 2.27. The van der Waals surface area contributed by atoms with Gasteiger partial charge in [-0.1, -0.05) is 29.8 Å². The smallest absolute Gasteiger partial charge is 0.308 e. The van der Waals surface area contributed by atoms with Gasteiger partial charge >= 0.3 is 5.97 Å². The molecule has 6 heteroatoms. The van der Waals surface area contributed by atoms with E-state index < -0.39 is 6.10 Å². The van der Waals surface area contributed by atoms with Crippen molar-refractivity contribution in [2.24, 2.45) is 10.9 Å². The Labute approximate surface area is 162 Å². The largest absolute Gasteiger partial charge is 0.466 e. The van der Waals surface area contributed by atoms with Crippen molar-refractivity contribution >= 4 is 11.9 Å². The number of carbonyl (C=O) groups is 1. The molecule has 1 atom stereocenters. The highest BCUT2D eigenvalue weighted by atomic mass is 16.5. The van der Waals surface area contributed by atoms with Gasteiger partial charge in [-0.15, -0.1) is 0 Å². The fourth-order valence-electron chi connectivity index (χ4n) is 3.32. The number of hydrogen-bond acceptors (Lipinski definition) is 4. The van der Waals surface area contributed by atoms with Gasteiger partial charge in [0.15, 0.2) is 5.96 Å². The van der Waals surface area contributed by atoms with E-state index >= 15 is 0 Å². The lowest BCUT2D eigenvalue weighted by atomic mass is 9.86.